The van der Waals surface area contributed by atoms with Gasteiger partial charge in [0.1, 0.15) is 12.1 Å². The number of hydrogen-bond donors (Lipinski definition) is 2. The number of hydrogen-bond acceptors (Lipinski definition) is 3. The Kier molecular flexibility index (Phi) is 10.3. The van der Waals surface area contributed by atoms with Gasteiger partial charge in [0, 0.05) is 31.7 Å². The Labute approximate surface area is 185 Å². The second kappa shape index (κ2) is 12.7. The summed E-state index contributed by atoms with van der Waals surface area (Å²) in [6.45, 7) is 4.58. The zero-order chi connectivity index (χ0) is 18.7. The number of aromatic nitrogens is 3. The molecule has 0 bridgehead atoms. The lowest BCUT2D eigenvalue weighted by Crippen LogP contribution is -2.37. The molecule has 2 aromatic rings. The van der Waals surface area contributed by atoms with Crippen molar-refractivity contribution in [3.8, 4) is 5.82 Å². The van der Waals surface area contributed by atoms with Gasteiger partial charge in [-0.25, -0.2) is 15.0 Å². The van der Waals surface area contributed by atoms with E-state index in [1.54, 1.807) is 12.5 Å². The van der Waals surface area contributed by atoms with Crippen LogP contribution in [0.1, 0.15) is 57.4 Å². The lowest BCUT2D eigenvalue weighted by molar-refractivity contribution is 0.332. The molecule has 1 aliphatic rings. The number of halogens is 1. The fraction of sp³-hybridized carbons (Fsp3) is 0.571. The molecule has 1 fully saturated rings. The summed E-state index contributed by atoms with van der Waals surface area (Å²) in [7, 11) is 0. The number of rotatable bonds is 8. The Bertz CT molecular complexity index is 695. The summed E-state index contributed by atoms with van der Waals surface area (Å²) in [5, 5.41) is 6.82. The second-order valence-electron chi connectivity index (χ2n) is 7.26. The van der Waals surface area contributed by atoms with Crippen molar-refractivity contribution < 1.29 is 0 Å². The first-order valence-electron chi connectivity index (χ1n) is 10.3. The van der Waals surface area contributed by atoms with Crippen LogP contribution in [0.25, 0.3) is 5.82 Å². The number of imidazole rings is 1. The van der Waals surface area contributed by atoms with Gasteiger partial charge in [0.05, 0.1) is 6.54 Å². The standard InChI is InChI=1S/C21H32N6.HI/c1-2-23-21(25-11-6-9-18-7-4-3-5-8-18)26-16-19-10-12-24-20(15-19)27-14-13-22-17-27;/h10,12-15,17-18H,2-9,11,16H2,1H3,(H2,23,25,26);1H. The van der Waals surface area contributed by atoms with E-state index in [1.807, 2.05) is 23.0 Å². The van der Waals surface area contributed by atoms with Gasteiger partial charge in [-0.1, -0.05) is 32.1 Å². The number of aliphatic imine (C=N–C) groups is 1. The van der Waals surface area contributed by atoms with Gasteiger partial charge in [-0.15, -0.1) is 24.0 Å². The number of nitrogens with one attached hydrogen (secondary N) is 2. The molecule has 0 radical (unpaired) electrons. The topological polar surface area (TPSA) is 67.1 Å². The van der Waals surface area contributed by atoms with E-state index < -0.39 is 0 Å². The summed E-state index contributed by atoms with van der Waals surface area (Å²) >= 11 is 0. The minimum Gasteiger partial charge on any atom is -0.357 e. The molecule has 28 heavy (non-hydrogen) atoms. The van der Waals surface area contributed by atoms with Crippen LogP contribution in [-0.4, -0.2) is 33.6 Å². The van der Waals surface area contributed by atoms with Gasteiger partial charge in [0.15, 0.2) is 5.96 Å². The molecule has 2 aromatic heterocycles. The van der Waals surface area contributed by atoms with Gasteiger partial charge in [0.2, 0.25) is 0 Å². The fourth-order valence-corrected chi connectivity index (χ4v) is 3.68. The Morgan fingerprint density at radius 1 is 1.21 bits per heavy atom. The van der Waals surface area contributed by atoms with E-state index in [-0.39, 0.29) is 24.0 Å². The van der Waals surface area contributed by atoms with Gasteiger partial charge < -0.3 is 10.6 Å². The minimum absolute atomic E-state index is 0. The predicted molar refractivity (Wildman–Crippen MR) is 125 cm³/mol. The average Bonchev–Trinajstić information content (AvgIpc) is 3.25. The summed E-state index contributed by atoms with van der Waals surface area (Å²) in [4.78, 5) is 13.2. The second-order valence-corrected chi connectivity index (χ2v) is 7.26. The molecule has 0 amide bonds. The Balaban J connectivity index is 0.00000280. The van der Waals surface area contributed by atoms with Crippen LogP contribution in [-0.2, 0) is 6.54 Å². The van der Waals surface area contributed by atoms with Gasteiger partial charge in [0.25, 0.3) is 0 Å². The lowest BCUT2D eigenvalue weighted by atomic mass is 9.86. The van der Waals surface area contributed by atoms with E-state index in [0.717, 1.165) is 36.3 Å². The molecule has 2 heterocycles. The highest BCUT2D eigenvalue weighted by Gasteiger charge is 2.12. The lowest BCUT2D eigenvalue weighted by Gasteiger charge is -2.21. The summed E-state index contributed by atoms with van der Waals surface area (Å²) in [5.41, 5.74) is 1.13. The van der Waals surface area contributed by atoms with Gasteiger partial charge in [-0.3, -0.25) is 4.57 Å². The van der Waals surface area contributed by atoms with Crippen LogP contribution in [0.3, 0.4) is 0 Å². The Morgan fingerprint density at radius 3 is 2.82 bits per heavy atom. The number of guanidine groups is 1. The SMILES string of the molecule is CCNC(=NCc1ccnc(-n2ccnc2)c1)NCCCC1CCCCC1.I. The van der Waals surface area contributed by atoms with Crippen molar-refractivity contribution in [2.75, 3.05) is 13.1 Å². The number of pyridine rings is 1. The molecule has 6 nitrogen and oxygen atoms in total. The van der Waals surface area contributed by atoms with E-state index in [4.69, 9.17) is 4.99 Å². The van der Waals surface area contributed by atoms with E-state index in [1.165, 1.54) is 44.9 Å². The summed E-state index contributed by atoms with van der Waals surface area (Å²) < 4.78 is 1.90. The molecule has 0 saturated heterocycles. The van der Waals surface area contributed by atoms with Crippen LogP contribution in [0.2, 0.25) is 0 Å². The van der Waals surface area contributed by atoms with Crippen LogP contribution < -0.4 is 10.6 Å². The molecular weight excluding hydrogens is 463 g/mol. The molecule has 3 rings (SSSR count). The largest absolute Gasteiger partial charge is 0.357 e. The van der Waals surface area contributed by atoms with Gasteiger partial charge in [-0.2, -0.15) is 0 Å². The van der Waals surface area contributed by atoms with Crippen molar-refractivity contribution in [1.29, 1.82) is 0 Å². The van der Waals surface area contributed by atoms with E-state index in [2.05, 4.69) is 33.6 Å². The molecule has 0 atom stereocenters. The minimum atomic E-state index is 0. The zero-order valence-corrected chi connectivity index (χ0v) is 19.1. The third-order valence-electron chi connectivity index (χ3n) is 5.15. The van der Waals surface area contributed by atoms with Crippen LogP contribution in [0.15, 0.2) is 42.0 Å². The Morgan fingerprint density at radius 2 is 2.07 bits per heavy atom. The first-order valence-corrected chi connectivity index (χ1v) is 10.3. The zero-order valence-electron chi connectivity index (χ0n) is 16.8. The maximum atomic E-state index is 4.73. The molecule has 7 heteroatoms. The third-order valence-corrected chi connectivity index (χ3v) is 5.15. The third kappa shape index (κ3) is 7.41. The van der Waals surface area contributed by atoms with Crippen molar-refractivity contribution in [3.05, 3.63) is 42.6 Å². The van der Waals surface area contributed by atoms with Crippen molar-refractivity contribution >= 4 is 29.9 Å². The first kappa shape index (κ1) is 22.6. The van der Waals surface area contributed by atoms with E-state index in [9.17, 15) is 0 Å². The van der Waals surface area contributed by atoms with Crippen molar-refractivity contribution in [1.82, 2.24) is 25.2 Å². The van der Waals surface area contributed by atoms with Crippen LogP contribution in [0.5, 0.6) is 0 Å². The number of nitrogens with zero attached hydrogens (tertiary/aromatic N) is 4. The highest BCUT2D eigenvalue weighted by molar-refractivity contribution is 14.0. The maximum Gasteiger partial charge on any atom is 0.191 e. The molecule has 0 unspecified atom stereocenters. The van der Waals surface area contributed by atoms with E-state index in [0.29, 0.717) is 6.54 Å². The maximum absolute atomic E-state index is 4.73. The Hall–Kier alpha value is -1.64. The van der Waals surface area contributed by atoms with Crippen LogP contribution >= 0.6 is 24.0 Å². The highest BCUT2D eigenvalue weighted by atomic mass is 127. The normalized spacial score (nSPS) is 15.1. The molecule has 1 aliphatic carbocycles. The van der Waals surface area contributed by atoms with Gasteiger partial charge >= 0.3 is 0 Å². The predicted octanol–water partition coefficient (Wildman–Crippen LogP) is 4.30. The van der Waals surface area contributed by atoms with Crippen molar-refractivity contribution in [2.45, 2.75) is 58.4 Å². The summed E-state index contributed by atoms with van der Waals surface area (Å²) in [5.74, 6) is 2.70. The quantitative estimate of drug-likeness (QED) is 0.248. The average molecular weight is 496 g/mol. The highest BCUT2D eigenvalue weighted by Crippen LogP contribution is 2.26. The fourth-order valence-electron chi connectivity index (χ4n) is 3.68. The molecule has 154 valence electrons. The molecule has 1 saturated carbocycles. The smallest absolute Gasteiger partial charge is 0.191 e. The van der Waals surface area contributed by atoms with E-state index >= 15 is 0 Å². The molecule has 2 N–H and O–H groups in total. The first-order chi connectivity index (χ1) is 13.3. The monoisotopic (exact) mass is 496 g/mol. The molecule has 0 aliphatic heterocycles. The van der Waals surface area contributed by atoms with Crippen LogP contribution in [0, 0.1) is 5.92 Å². The van der Waals surface area contributed by atoms with Gasteiger partial charge in [-0.05, 0) is 43.4 Å². The molecule has 0 aromatic carbocycles. The summed E-state index contributed by atoms with van der Waals surface area (Å²) in [6.07, 6.45) is 16.9. The van der Waals surface area contributed by atoms with Crippen LogP contribution in [0.4, 0.5) is 0 Å². The molecule has 0 spiro atoms. The van der Waals surface area contributed by atoms with Crippen molar-refractivity contribution in [3.63, 3.8) is 0 Å². The summed E-state index contributed by atoms with van der Waals surface area (Å²) in [6, 6.07) is 4.06. The van der Waals surface area contributed by atoms with Crippen molar-refractivity contribution in [2.24, 2.45) is 10.9 Å². The molecular formula is C21H33IN6.